The van der Waals surface area contributed by atoms with Gasteiger partial charge in [-0.15, -0.1) is 0 Å². The molecule has 0 saturated carbocycles. The number of benzene rings is 1. The molecule has 2 heterocycles. The van der Waals surface area contributed by atoms with Gasteiger partial charge in [-0.25, -0.2) is 4.98 Å². The van der Waals surface area contributed by atoms with Crippen molar-refractivity contribution in [3.8, 4) is 11.5 Å². The van der Waals surface area contributed by atoms with Gasteiger partial charge in [-0.05, 0) is 37.1 Å². The molecule has 104 valence electrons. The van der Waals surface area contributed by atoms with Gasteiger partial charge in [0.1, 0.15) is 10.3 Å². The lowest BCUT2D eigenvalue weighted by atomic mass is 9.97. The van der Waals surface area contributed by atoms with E-state index in [4.69, 9.17) is 12.2 Å². The van der Waals surface area contributed by atoms with Crippen molar-refractivity contribution < 1.29 is 0 Å². The molecule has 2 aromatic heterocycles. The third-order valence-corrected chi connectivity index (χ3v) is 4.44. The van der Waals surface area contributed by atoms with Crippen LogP contribution in [0.3, 0.4) is 0 Å². The fraction of sp³-hybridized carbons (Fsp3) is 0.235. The number of aromatic amines is 1. The van der Waals surface area contributed by atoms with Crippen molar-refractivity contribution in [1.82, 2.24) is 15.0 Å². The predicted molar refractivity (Wildman–Crippen MR) is 86.8 cm³/mol. The molecule has 3 aromatic rings. The van der Waals surface area contributed by atoms with E-state index >= 15 is 0 Å². The zero-order valence-corrected chi connectivity index (χ0v) is 12.4. The fourth-order valence-corrected chi connectivity index (χ4v) is 3.36. The molecule has 0 radical (unpaired) electrons. The van der Waals surface area contributed by atoms with Crippen molar-refractivity contribution in [2.45, 2.75) is 25.7 Å². The summed E-state index contributed by atoms with van der Waals surface area (Å²) in [5.41, 5.74) is 3.35. The Labute approximate surface area is 128 Å². The summed E-state index contributed by atoms with van der Waals surface area (Å²) < 4.78 is 0.730. The number of H-pyrrole nitrogens is 1. The second-order valence-corrected chi connectivity index (χ2v) is 5.82. The quantitative estimate of drug-likeness (QED) is 0.683. The van der Waals surface area contributed by atoms with Gasteiger partial charge in [-0.3, -0.25) is 4.98 Å². The highest BCUT2D eigenvalue weighted by Gasteiger charge is 2.15. The molecule has 3 nitrogen and oxygen atoms in total. The molecule has 1 aromatic carbocycles. The standard InChI is InChI=1S/C17H15N3S/c21-17-13-7-3-4-8-14(13)19-16(20-17)15-12-6-2-1-5-11(12)9-10-18-15/h1-2,5-6,9-10H,3-4,7-8H2,(H,19,20,21). The van der Waals surface area contributed by atoms with E-state index in [0.717, 1.165) is 34.4 Å². The van der Waals surface area contributed by atoms with Gasteiger partial charge >= 0.3 is 0 Å². The Kier molecular flexibility index (Phi) is 3.04. The molecule has 0 aliphatic heterocycles. The zero-order chi connectivity index (χ0) is 14.2. The minimum absolute atomic E-state index is 0.730. The van der Waals surface area contributed by atoms with E-state index in [1.165, 1.54) is 29.5 Å². The van der Waals surface area contributed by atoms with Crippen LogP contribution in [0, 0.1) is 4.64 Å². The summed E-state index contributed by atoms with van der Waals surface area (Å²) in [4.78, 5) is 12.6. The molecule has 1 aliphatic carbocycles. The molecule has 0 unspecified atom stereocenters. The number of pyridine rings is 1. The van der Waals surface area contributed by atoms with E-state index in [-0.39, 0.29) is 0 Å². The Morgan fingerprint density at radius 1 is 1.05 bits per heavy atom. The minimum Gasteiger partial charge on any atom is -0.342 e. The zero-order valence-electron chi connectivity index (χ0n) is 11.6. The highest BCUT2D eigenvalue weighted by Crippen LogP contribution is 2.27. The van der Waals surface area contributed by atoms with Crippen LogP contribution in [0.5, 0.6) is 0 Å². The maximum atomic E-state index is 5.49. The molecule has 0 atom stereocenters. The summed E-state index contributed by atoms with van der Waals surface area (Å²) >= 11 is 5.49. The molecule has 0 spiro atoms. The maximum absolute atomic E-state index is 5.49. The van der Waals surface area contributed by atoms with Crippen LogP contribution in [0.15, 0.2) is 36.5 Å². The smallest absolute Gasteiger partial charge is 0.158 e. The lowest BCUT2D eigenvalue weighted by Crippen LogP contribution is -2.09. The van der Waals surface area contributed by atoms with Crippen LogP contribution in [0.4, 0.5) is 0 Å². The lowest BCUT2D eigenvalue weighted by molar-refractivity contribution is 0.661. The van der Waals surface area contributed by atoms with Gasteiger partial charge in [-0.2, -0.15) is 0 Å². The SMILES string of the molecule is S=c1nc(-c2nccc3ccccc23)[nH]c2c1CCCC2. The molecule has 1 N–H and O–H groups in total. The first-order chi connectivity index (χ1) is 10.3. The minimum atomic E-state index is 0.730. The molecule has 4 rings (SSSR count). The van der Waals surface area contributed by atoms with E-state index in [2.05, 4.69) is 27.1 Å². The topological polar surface area (TPSA) is 41.6 Å². The predicted octanol–water partition coefficient (Wildman–Crippen LogP) is 4.23. The molecule has 21 heavy (non-hydrogen) atoms. The van der Waals surface area contributed by atoms with Crippen LogP contribution in [-0.2, 0) is 12.8 Å². The van der Waals surface area contributed by atoms with Crippen molar-refractivity contribution >= 4 is 23.0 Å². The molecule has 1 aliphatic rings. The van der Waals surface area contributed by atoms with Crippen molar-refractivity contribution in [2.75, 3.05) is 0 Å². The summed E-state index contributed by atoms with van der Waals surface area (Å²) in [6.07, 6.45) is 6.35. The van der Waals surface area contributed by atoms with E-state index < -0.39 is 0 Å². The van der Waals surface area contributed by atoms with Crippen LogP contribution < -0.4 is 0 Å². The van der Waals surface area contributed by atoms with Crippen LogP contribution in [0.25, 0.3) is 22.3 Å². The van der Waals surface area contributed by atoms with Crippen LogP contribution >= 0.6 is 12.2 Å². The Balaban J connectivity index is 1.97. The molecular formula is C17H15N3S. The van der Waals surface area contributed by atoms with Gasteiger partial charge in [0.2, 0.25) is 0 Å². The Morgan fingerprint density at radius 2 is 1.90 bits per heavy atom. The van der Waals surface area contributed by atoms with Crippen LogP contribution in [-0.4, -0.2) is 15.0 Å². The van der Waals surface area contributed by atoms with Crippen molar-refractivity contribution in [3.05, 3.63) is 52.4 Å². The molecular weight excluding hydrogens is 278 g/mol. The first-order valence-corrected chi connectivity index (χ1v) is 7.70. The number of fused-ring (bicyclic) bond motifs is 2. The highest BCUT2D eigenvalue weighted by atomic mass is 32.1. The van der Waals surface area contributed by atoms with Crippen LogP contribution in [0.2, 0.25) is 0 Å². The van der Waals surface area contributed by atoms with E-state index in [9.17, 15) is 0 Å². The number of rotatable bonds is 1. The summed E-state index contributed by atoms with van der Waals surface area (Å²) in [6.45, 7) is 0. The number of nitrogens with zero attached hydrogens (tertiary/aromatic N) is 2. The Hall–Kier alpha value is -2.07. The average molecular weight is 293 g/mol. The monoisotopic (exact) mass is 293 g/mol. The average Bonchev–Trinajstić information content (AvgIpc) is 2.54. The largest absolute Gasteiger partial charge is 0.342 e. The van der Waals surface area contributed by atoms with E-state index in [1.54, 1.807) is 0 Å². The molecule has 4 heteroatoms. The van der Waals surface area contributed by atoms with Crippen molar-refractivity contribution in [1.29, 1.82) is 0 Å². The summed E-state index contributed by atoms with van der Waals surface area (Å²) in [5, 5.41) is 2.27. The van der Waals surface area contributed by atoms with Gasteiger partial charge in [0.15, 0.2) is 5.82 Å². The Morgan fingerprint density at radius 3 is 2.86 bits per heavy atom. The molecule has 0 bridgehead atoms. The number of aromatic nitrogens is 3. The second-order valence-electron chi connectivity index (χ2n) is 5.44. The summed E-state index contributed by atoms with van der Waals surface area (Å²) in [7, 11) is 0. The van der Waals surface area contributed by atoms with Crippen LogP contribution in [0.1, 0.15) is 24.1 Å². The third-order valence-electron chi connectivity index (χ3n) is 4.11. The summed E-state index contributed by atoms with van der Waals surface area (Å²) in [5.74, 6) is 0.789. The van der Waals surface area contributed by atoms with E-state index in [1.807, 2.05) is 24.4 Å². The highest BCUT2D eigenvalue weighted by molar-refractivity contribution is 7.71. The maximum Gasteiger partial charge on any atom is 0.158 e. The number of hydrogen-bond acceptors (Lipinski definition) is 3. The first-order valence-electron chi connectivity index (χ1n) is 7.29. The van der Waals surface area contributed by atoms with Gasteiger partial charge in [0.05, 0.1) is 0 Å². The van der Waals surface area contributed by atoms with Crippen molar-refractivity contribution in [2.24, 2.45) is 0 Å². The second kappa shape index (κ2) is 5.04. The number of aryl methyl sites for hydroxylation is 1. The number of nitrogens with one attached hydrogen (secondary N) is 1. The molecule has 0 saturated heterocycles. The molecule has 0 amide bonds. The number of hydrogen-bond donors (Lipinski definition) is 1. The third kappa shape index (κ3) is 2.16. The van der Waals surface area contributed by atoms with Crippen molar-refractivity contribution in [3.63, 3.8) is 0 Å². The molecule has 0 fully saturated rings. The van der Waals surface area contributed by atoms with Gasteiger partial charge in [0, 0.05) is 22.8 Å². The Bertz CT molecular complexity index is 877. The van der Waals surface area contributed by atoms with Gasteiger partial charge in [0.25, 0.3) is 0 Å². The van der Waals surface area contributed by atoms with Gasteiger partial charge in [-0.1, -0.05) is 36.5 Å². The van der Waals surface area contributed by atoms with Gasteiger partial charge < -0.3 is 4.98 Å². The first kappa shape index (κ1) is 12.7. The normalized spacial score (nSPS) is 14.1. The lowest BCUT2D eigenvalue weighted by Gasteiger charge is -2.16. The fourth-order valence-electron chi connectivity index (χ4n) is 3.04. The van der Waals surface area contributed by atoms with E-state index in [0.29, 0.717) is 0 Å². The summed E-state index contributed by atoms with van der Waals surface area (Å²) in [6, 6.07) is 10.3.